The Labute approximate surface area is 163 Å². The van der Waals surface area contributed by atoms with Gasteiger partial charge in [-0.05, 0) is 24.1 Å². The quantitative estimate of drug-likeness (QED) is 0.474. The Kier molecular flexibility index (Phi) is 6.56. The van der Waals surface area contributed by atoms with Crippen molar-refractivity contribution in [1.29, 1.82) is 0 Å². The summed E-state index contributed by atoms with van der Waals surface area (Å²) in [7, 11) is 0. The van der Waals surface area contributed by atoms with E-state index in [1.807, 2.05) is 0 Å². The first kappa shape index (κ1) is 20.4. The molecule has 0 fully saturated rings. The number of nitrogens with one attached hydrogen (secondary N) is 1. The molecule has 8 nitrogen and oxygen atoms in total. The molecule has 0 spiro atoms. The first-order valence-corrected chi connectivity index (χ1v) is 8.83. The number of anilines is 1. The number of carboxylic acids is 1. The molecule has 2 aromatic rings. The molecule has 10 heteroatoms. The van der Waals surface area contributed by atoms with Gasteiger partial charge in [-0.15, -0.1) is 11.3 Å². The zero-order valence-corrected chi connectivity index (χ0v) is 15.5. The van der Waals surface area contributed by atoms with E-state index >= 15 is 0 Å². The van der Waals surface area contributed by atoms with Crippen molar-refractivity contribution in [1.82, 2.24) is 0 Å². The third-order valence-electron chi connectivity index (χ3n) is 3.51. The number of carboxylic acid groups (broad SMARTS) is 1. The van der Waals surface area contributed by atoms with Gasteiger partial charge in [0.25, 0.3) is 5.91 Å². The Bertz CT molecular complexity index is 926. The second kappa shape index (κ2) is 8.67. The highest BCUT2D eigenvalue weighted by atomic mass is 35.5. The van der Waals surface area contributed by atoms with E-state index < -0.39 is 23.9 Å². The number of rotatable bonds is 7. The molecule has 0 bridgehead atoms. The first-order valence-electron chi connectivity index (χ1n) is 7.64. The molecule has 0 aliphatic rings. The maximum Gasteiger partial charge on any atom is 0.320 e. The van der Waals surface area contributed by atoms with Crippen molar-refractivity contribution < 1.29 is 19.5 Å². The van der Waals surface area contributed by atoms with Crippen LogP contribution >= 0.6 is 22.9 Å². The number of hydrogen-bond acceptors (Lipinski definition) is 5. The van der Waals surface area contributed by atoms with E-state index in [1.54, 1.807) is 30.4 Å². The normalized spacial score (nSPS) is 12.1. The Morgan fingerprint density at radius 2 is 1.96 bits per heavy atom. The number of primary amides is 2. The Morgan fingerprint density at radius 3 is 2.52 bits per heavy atom. The molecule has 0 saturated carbocycles. The number of benzene rings is 1. The Morgan fingerprint density at radius 1 is 1.26 bits per heavy atom. The van der Waals surface area contributed by atoms with Crippen LogP contribution in [0.25, 0.3) is 16.5 Å². The number of hydrogen-bond donors (Lipinski definition) is 5. The summed E-state index contributed by atoms with van der Waals surface area (Å²) in [6.45, 7) is 0. The summed E-state index contributed by atoms with van der Waals surface area (Å²) >= 11 is 7.45. The number of halogens is 1. The van der Waals surface area contributed by atoms with Crippen molar-refractivity contribution >= 4 is 51.9 Å². The summed E-state index contributed by atoms with van der Waals surface area (Å²) in [6, 6.07) is 4.95. The fourth-order valence-electron chi connectivity index (χ4n) is 2.20. The van der Waals surface area contributed by atoms with Crippen LogP contribution in [0.15, 0.2) is 30.3 Å². The molecule has 0 aliphatic heterocycles. The van der Waals surface area contributed by atoms with Crippen LogP contribution in [-0.2, 0) is 4.79 Å². The number of thiophene rings is 1. The van der Waals surface area contributed by atoms with E-state index in [0.717, 1.165) is 16.9 Å². The summed E-state index contributed by atoms with van der Waals surface area (Å²) in [6.07, 6.45) is 3.54. The molecule has 0 radical (unpaired) electrons. The number of aliphatic carboxylic acids is 1. The lowest BCUT2D eigenvalue weighted by Crippen LogP contribution is -2.29. The number of carbonyl (C=O) groups is 3. The predicted molar refractivity (Wildman–Crippen MR) is 106 cm³/mol. The molecule has 0 aliphatic carbocycles. The zero-order chi connectivity index (χ0) is 20.1. The van der Waals surface area contributed by atoms with Gasteiger partial charge in [0, 0.05) is 15.5 Å². The van der Waals surface area contributed by atoms with Gasteiger partial charge in [-0.1, -0.05) is 35.9 Å². The highest BCUT2D eigenvalue weighted by Crippen LogP contribution is 2.38. The van der Waals surface area contributed by atoms with Gasteiger partial charge in [-0.25, -0.2) is 4.79 Å². The maximum atomic E-state index is 11.6. The summed E-state index contributed by atoms with van der Waals surface area (Å²) < 4.78 is 0. The third-order valence-corrected chi connectivity index (χ3v) is 4.91. The van der Waals surface area contributed by atoms with Crippen molar-refractivity contribution in [3.63, 3.8) is 0 Å². The second-order valence-electron chi connectivity index (χ2n) is 5.53. The topological polar surface area (TPSA) is 162 Å². The van der Waals surface area contributed by atoms with E-state index in [2.05, 4.69) is 5.32 Å². The third kappa shape index (κ3) is 5.30. The molecule has 0 saturated heterocycles. The maximum absolute atomic E-state index is 11.6. The van der Waals surface area contributed by atoms with Gasteiger partial charge >= 0.3 is 12.0 Å². The SMILES string of the molecule is NC(=O)Nc1sc(-c2ccc(/C=C/C[C@H](N)C(=O)O)cc2Cl)cc1C(N)=O. The molecule has 1 aromatic carbocycles. The molecule has 3 amide bonds. The van der Waals surface area contributed by atoms with E-state index in [-0.39, 0.29) is 17.0 Å². The van der Waals surface area contributed by atoms with Crippen LogP contribution in [0, 0.1) is 0 Å². The highest BCUT2D eigenvalue weighted by molar-refractivity contribution is 7.20. The number of urea groups is 1. The van der Waals surface area contributed by atoms with E-state index in [1.165, 1.54) is 6.07 Å². The van der Waals surface area contributed by atoms with Crippen LogP contribution in [0.5, 0.6) is 0 Å². The lowest BCUT2D eigenvalue weighted by Gasteiger charge is -2.04. The minimum absolute atomic E-state index is 0.136. The minimum Gasteiger partial charge on any atom is -0.480 e. The first-order chi connectivity index (χ1) is 12.7. The van der Waals surface area contributed by atoms with Gasteiger partial charge in [0.1, 0.15) is 11.0 Å². The summed E-state index contributed by atoms with van der Waals surface area (Å²) in [5.41, 5.74) is 17.4. The van der Waals surface area contributed by atoms with Gasteiger partial charge in [0.15, 0.2) is 0 Å². The van der Waals surface area contributed by atoms with Crippen molar-refractivity contribution in [3.05, 3.63) is 46.5 Å². The van der Waals surface area contributed by atoms with Gasteiger partial charge in [0.2, 0.25) is 0 Å². The van der Waals surface area contributed by atoms with E-state index in [9.17, 15) is 14.4 Å². The van der Waals surface area contributed by atoms with Gasteiger partial charge in [-0.3, -0.25) is 14.9 Å². The summed E-state index contributed by atoms with van der Waals surface area (Å²) in [5, 5.41) is 11.8. The highest BCUT2D eigenvalue weighted by Gasteiger charge is 2.17. The van der Waals surface area contributed by atoms with Crippen molar-refractivity contribution in [2.45, 2.75) is 12.5 Å². The summed E-state index contributed by atoms with van der Waals surface area (Å²) in [4.78, 5) is 34.0. The Hall–Kier alpha value is -2.88. The van der Waals surface area contributed by atoms with Crippen molar-refractivity contribution in [3.8, 4) is 10.4 Å². The van der Waals surface area contributed by atoms with Crippen LogP contribution in [0.1, 0.15) is 22.3 Å². The van der Waals surface area contributed by atoms with Crippen molar-refractivity contribution in [2.75, 3.05) is 5.32 Å². The molecule has 1 atom stereocenters. The van der Waals surface area contributed by atoms with Crippen LogP contribution < -0.4 is 22.5 Å². The molecule has 1 aromatic heterocycles. The van der Waals surface area contributed by atoms with Crippen LogP contribution in [-0.4, -0.2) is 29.1 Å². The largest absolute Gasteiger partial charge is 0.480 e. The molecular weight excluding hydrogens is 392 g/mol. The Balaban J connectivity index is 2.27. The molecule has 142 valence electrons. The van der Waals surface area contributed by atoms with Crippen molar-refractivity contribution in [2.24, 2.45) is 17.2 Å². The van der Waals surface area contributed by atoms with Gasteiger partial charge in [-0.2, -0.15) is 0 Å². The minimum atomic E-state index is -1.07. The molecule has 8 N–H and O–H groups in total. The molecule has 0 unspecified atom stereocenters. The number of amides is 3. The van der Waals surface area contributed by atoms with Crippen LogP contribution in [0.4, 0.5) is 9.80 Å². The lowest BCUT2D eigenvalue weighted by atomic mass is 10.1. The predicted octanol–water partition coefficient (Wildman–Crippen LogP) is 2.47. The van der Waals surface area contributed by atoms with E-state index in [4.69, 9.17) is 33.9 Å². The van der Waals surface area contributed by atoms with Crippen LogP contribution in [0.3, 0.4) is 0 Å². The molecule has 27 heavy (non-hydrogen) atoms. The standard InChI is InChI=1S/C17H17ClN4O4S/c18-11-6-8(2-1-3-12(19)16(24)25)4-5-9(11)13-7-10(14(20)23)15(27-13)22-17(21)26/h1-2,4-7,12H,3,19H2,(H2,20,23)(H,24,25)(H3,21,22,26)/b2-1+/t12-/m0/s1. The number of carbonyl (C=O) groups excluding carboxylic acids is 2. The van der Waals surface area contributed by atoms with Gasteiger partial charge < -0.3 is 22.3 Å². The second-order valence-corrected chi connectivity index (χ2v) is 6.99. The fraction of sp³-hybridized carbons (Fsp3) is 0.118. The molecular formula is C17H17ClN4O4S. The average molecular weight is 409 g/mol. The van der Waals surface area contributed by atoms with Gasteiger partial charge in [0.05, 0.1) is 5.56 Å². The zero-order valence-electron chi connectivity index (χ0n) is 13.9. The summed E-state index contributed by atoms with van der Waals surface area (Å²) in [5.74, 6) is -1.77. The monoisotopic (exact) mass is 408 g/mol. The molecule has 2 rings (SSSR count). The smallest absolute Gasteiger partial charge is 0.320 e. The average Bonchev–Trinajstić information content (AvgIpc) is 2.97. The lowest BCUT2D eigenvalue weighted by molar-refractivity contribution is -0.138. The van der Waals surface area contributed by atoms with E-state index in [0.29, 0.717) is 15.5 Å². The van der Waals surface area contributed by atoms with Crippen LogP contribution in [0.2, 0.25) is 5.02 Å². The fourth-order valence-corrected chi connectivity index (χ4v) is 3.65. The molecule has 1 heterocycles. The number of nitrogens with two attached hydrogens (primary N) is 3.